The van der Waals surface area contributed by atoms with Crippen molar-refractivity contribution in [2.45, 2.75) is 25.8 Å². The van der Waals surface area contributed by atoms with E-state index in [0.29, 0.717) is 25.8 Å². The van der Waals surface area contributed by atoms with Gasteiger partial charge in [0.25, 0.3) is 0 Å². The first-order chi connectivity index (χ1) is 10.2. The first-order valence-corrected chi connectivity index (χ1v) is 7.32. The Morgan fingerprint density at radius 1 is 1.48 bits per heavy atom. The van der Waals surface area contributed by atoms with Gasteiger partial charge in [-0.1, -0.05) is 0 Å². The van der Waals surface area contributed by atoms with Crippen LogP contribution in [0.3, 0.4) is 0 Å². The van der Waals surface area contributed by atoms with E-state index in [2.05, 4.69) is 36.8 Å². The molecule has 0 saturated carbocycles. The molecule has 2 rings (SSSR count). The average Bonchev–Trinajstić information content (AvgIpc) is 2.98. The fraction of sp³-hybridized carbons (Fsp3) is 0.267. The van der Waals surface area contributed by atoms with E-state index in [9.17, 15) is 4.79 Å². The van der Waals surface area contributed by atoms with Gasteiger partial charge in [-0.2, -0.15) is 0 Å². The minimum Gasteiger partial charge on any atom is -0.347 e. The number of aromatic nitrogens is 3. The van der Waals surface area contributed by atoms with Gasteiger partial charge in [0, 0.05) is 35.9 Å². The Balaban J connectivity index is 2.17. The Bertz CT molecular complexity index is 633. The quantitative estimate of drug-likeness (QED) is 0.646. The van der Waals surface area contributed by atoms with Crippen LogP contribution in [0.1, 0.15) is 25.1 Å². The number of halogens is 1. The molecule has 1 amide bonds. The van der Waals surface area contributed by atoms with Crippen molar-refractivity contribution in [1.82, 2.24) is 15.0 Å². The Morgan fingerprint density at radius 3 is 3.00 bits per heavy atom. The number of amides is 1. The fourth-order valence-electron chi connectivity index (χ4n) is 1.88. The van der Waals surface area contributed by atoms with Crippen LogP contribution in [0.15, 0.2) is 35.3 Å². The number of aromatic amines is 1. The first kappa shape index (κ1) is 15.3. The van der Waals surface area contributed by atoms with Gasteiger partial charge in [-0.25, -0.2) is 4.98 Å². The molecule has 2 aromatic rings. The van der Waals surface area contributed by atoms with Gasteiger partial charge < -0.3 is 9.88 Å². The molecular weight excluding hydrogens is 332 g/mol. The summed E-state index contributed by atoms with van der Waals surface area (Å²) in [5, 5.41) is 0. The lowest BCUT2D eigenvalue weighted by Gasteiger charge is -2.21. The number of anilines is 1. The fourth-order valence-corrected chi connectivity index (χ4v) is 2.24. The molecule has 108 valence electrons. The van der Waals surface area contributed by atoms with Crippen LogP contribution in [0.4, 0.5) is 5.69 Å². The number of imidazole rings is 1. The number of hydrogen-bond acceptors (Lipinski definition) is 3. The molecule has 0 spiro atoms. The Labute approximate surface area is 131 Å². The molecule has 0 unspecified atom stereocenters. The molecule has 0 saturated heterocycles. The summed E-state index contributed by atoms with van der Waals surface area (Å²) in [5.41, 5.74) is 0.728. The van der Waals surface area contributed by atoms with E-state index in [0.717, 1.165) is 16.0 Å². The van der Waals surface area contributed by atoms with E-state index in [1.165, 1.54) is 0 Å². The van der Waals surface area contributed by atoms with Crippen molar-refractivity contribution in [1.29, 1.82) is 0 Å². The molecule has 0 fully saturated rings. The van der Waals surface area contributed by atoms with Crippen molar-refractivity contribution in [3.8, 4) is 12.3 Å². The maximum atomic E-state index is 12.4. The van der Waals surface area contributed by atoms with Crippen molar-refractivity contribution in [3.63, 3.8) is 0 Å². The predicted molar refractivity (Wildman–Crippen MR) is 84.4 cm³/mol. The van der Waals surface area contributed by atoms with Gasteiger partial charge in [0.15, 0.2) is 0 Å². The van der Waals surface area contributed by atoms with E-state index < -0.39 is 0 Å². The summed E-state index contributed by atoms with van der Waals surface area (Å²) in [6, 6.07) is 1.86. The Morgan fingerprint density at radius 2 is 2.33 bits per heavy atom. The number of carbonyl (C=O) groups is 1. The topological polar surface area (TPSA) is 61.9 Å². The second-order valence-electron chi connectivity index (χ2n) is 4.43. The molecular formula is C15H15BrN4O. The molecule has 2 aromatic heterocycles. The van der Waals surface area contributed by atoms with Crippen LogP contribution in [-0.2, 0) is 11.3 Å². The molecule has 0 aliphatic rings. The number of H-pyrrole nitrogens is 1. The summed E-state index contributed by atoms with van der Waals surface area (Å²) >= 11 is 3.37. The molecule has 2 heterocycles. The van der Waals surface area contributed by atoms with E-state index >= 15 is 0 Å². The number of terminal acetylenes is 1. The minimum absolute atomic E-state index is 0.00144. The van der Waals surface area contributed by atoms with Crippen LogP contribution < -0.4 is 4.90 Å². The largest absolute Gasteiger partial charge is 0.347 e. The molecule has 0 bridgehead atoms. The van der Waals surface area contributed by atoms with Crippen LogP contribution >= 0.6 is 15.9 Å². The van der Waals surface area contributed by atoms with Crippen molar-refractivity contribution in [2.75, 3.05) is 4.90 Å². The molecule has 21 heavy (non-hydrogen) atoms. The second kappa shape index (κ2) is 7.60. The monoisotopic (exact) mass is 346 g/mol. The Hall–Kier alpha value is -2.13. The predicted octanol–water partition coefficient (Wildman–Crippen LogP) is 2.90. The van der Waals surface area contributed by atoms with Crippen molar-refractivity contribution in [2.24, 2.45) is 0 Å². The summed E-state index contributed by atoms with van der Waals surface area (Å²) in [6.07, 6.45) is 13.6. The number of hydrogen-bond donors (Lipinski definition) is 1. The maximum Gasteiger partial charge on any atom is 0.227 e. The lowest BCUT2D eigenvalue weighted by atomic mass is 10.2. The molecule has 6 heteroatoms. The highest BCUT2D eigenvalue weighted by molar-refractivity contribution is 9.10. The summed E-state index contributed by atoms with van der Waals surface area (Å²) in [5.74, 6) is 3.27. The summed E-state index contributed by atoms with van der Waals surface area (Å²) < 4.78 is 0.820. The van der Waals surface area contributed by atoms with Crippen LogP contribution in [0.2, 0.25) is 0 Å². The SMILES string of the molecule is C#CCCCC(=O)N(Cc1ncc[nH]1)c1cncc(Br)c1. The molecule has 0 atom stereocenters. The van der Waals surface area contributed by atoms with Gasteiger partial charge in [0.05, 0.1) is 18.4 Å². The van der Waals surface area contributed by atoms with Gasteiger partial charge in [-0.05, 0) is 28.4 Å². The molecule has 0 aromatic carbocycles. The molecule has 5 nitrogen and oxygen atoms in total. The maximum absolute atomic E-state index is 12.4. The highest BCUT2D eigenvalue weighted by Gasteiger charge is 2.17. The highest BCUT2D eigenvalue weighted by atomic mass is 79.9. The lowest BCUT2D eigenvalue weighted by Crippen LogP contribution is -2.30. The third kappa shape index (κ3) is 4.43. The Kier molecular flexibility index (Phi) is 5.52. The van der Waals surface area contributed by atoms with Gasteiger partial charge in [-0.15, -0.1) is 12.3 Å². The van der Waals surface area contributed by atoms with Gasteiger partial charge in [-0.3, -0.25) is 9.78 Å². The molecule has 0 radical (unpaired) electrons. The van der Waals surface area contributed by atoms with Crippen LogP contribution in [-0.4, -0.2) is 20.9 Å². The second-order valence-corrected chi connectivity index (χ2v) is 5.35. The molecule has 1 N–H and O–H groups in total. The normalized spacial score (nSPS) is 10.1. The first-order valence-electron chi connectivity index (χ1n) is 6.53. The third-order valence-electron chi connectivity index (χ3n) is 2.88. The van der Waals surface area contributed by atoms with Crippen LogP contribution in [0, 0.1) is 12.3 Å². The van der Waals surface area contributed by atoms with Crippen molar-refractivity contribution < 1.29 is 4.79 Å². The number of unbranched alkanes of at least 4 members (excludes halogenated alkanes) is 1. The lowest BCUT2D eigenvalue weighted by molar-refractivity contribution is -0.118. The number of pyridine rings is 1. The van der Waals surface area contributed by atoms with E-state index in [-0.39, 0.29) is 5.91 Å². The van der Waals surface area contributed by atoms with Gasteiger partial charge >= 0.3 is 0 Å². The number of rotatable bonds is 6. The summed E-state index contributed by atoms with van der Waals surface area (Å²) in [4.78, 5) is 25.4. The smallest absolute Gasteiger partial charge is 0.227 e. The van der Waals surface area contributed by atoms with Gasteiger partial charge in [0.2, 0.25) is 5.91 Å². The molecule has 0 aliphatic carbocycles. The summed E-state index contributed by atoms with van der Waals surface area (Å²) in [6.45, 7) is 0.375. The van der Waals surface area contributed by atoms with Gasteiger partial charge in [0.1, 0.15) is 5.82 Å². The third-order valence-corrected chi connectivity index (χ3v) is 3.31. The standard InChI is InChI=1S/C15H15BrN4O/c1-2-3-4-5-15(21)20(11-14-18-6-7-19-14)13-8-12(16)9-17-10-13/h1,6-10H,3-5,11H2,(H,18,19). The average molecular weight is 347 g/mol. The number of carbonyl (C=O) groups excluding carboxylic acids is 1. The molecule has 0 aliphatic heterocycles. The van der Waals surface area contributed by atoms with Crippen molar-refractivity contribution in [3.05, 3.63) is 41.2 Å². The van der Waals surface area contributed by atoms with E-state index in [1.54, 1.807) is 29.7 Å². The minimum atomic E-state index is 0.00144. The van der Waals surface area contributed by atoms with Crippen LogP contribution in [0.25, 0.3) is 0 Å². The number of nitrogens with zero attached hydrogens (tertiary/aromatic N) is 3. The van der Waals surface area contributed by atoms with Crippen molar-refractivity contribution >= 4 is 27.5 Å². The zero-order chi connectivity index (χ0) is 15.1. The van der Waals surface area contributed by atoms with E-state index in [1.807, 2.05) is 6.07 Å². The summed E-state index contributed by atoms with van der Waals surface area (Å²) in [7, 11) is 0. The highest BCUT2D eigenvalue weighted by Crippen LogP contribution is 2.21. The zero-order valence-electron chi connectivity index (χ0n) is 11.4. The number of nitrogens with one attached hydrogen (secondary N) is 1. The zero-order valence-corrected chi connectivity index (χ0v) is 13.0. The van der Waals surface area contributed by atoms with Crippen LogP contribution in [0.5, 0.6) is 0 Å². The van der Waals surface area contributed by atoms with E-state index in [4.69, 9.17) is 6.42 Å².